The standard InChI is InChI=1S/C19H17N3O4S/c1-12-3-6-14(10-17(12)22(24)25)16-11-27-19(20-16)21-18(23)9-13-4-7-15(26-2)8-5-13/h3-8,10-11H,9H2,1-2H3,(H,20,21,23). The van der Waals surface area contributed by atoms with Gasteiger partial charge in [-0.15, -0.1) is 11.3 Å². The minimum atomic E-state index is -0.414. The van der Waals surface area contributed by atoms with Crippen LogP contribution in [-0.2, 0) is 11.2 Å². The summed E-state index contributed by atoms with van der Waals surface area (Å²) in [6.07, 6.45) is 0.217. The molecular formula is C19H17N3O4S. The molecule has 1 N–H and O–H groups in total. The third-order valence-corrected chi connectivity index (χ3v) is 4.73. The van der Waals surface area contributed by atoms with Crippen LogP contribution in [0.4, 0.5) is 10.8 Å². The van der Waals surface area contributed by atoms with Gasteiger partial charge in [0.05, 0.1) is 24.1 Å². The van der Waals surface area contributed by atoms with Gasteiger partial charge in [-0.1, -0.05) is 24.3 Å². The largest absolute Gasteiger partial charge is 0.497 e. The minimum absolute atomic E-state index is 0.0468. The number of nitrogens with zero attached hydrogens (tertiary/aromatic N) is 2. The number of benzene rings is 2. The number of nitrogens with one attached hydrogen (secondary N) is 1. The van der Waals surface area contributed by atoms with E-state index in [1.54, 1.807) is 43.7 Å². The maximum Gasteiger partial charge on any atom is 0.272 e. The first-order valence-corrected chi connectivity index (χ1v) is 8.98. The Morgan fingerprint density at radius 1 is 1.26 bits per heavy atom. The van der Waals surface area contributed by atoms with Crippen molar-refractivity contribution in [2.45, 2.75) is 13.3 Å². The Kier molecular flexibility index (Phi) is 5.46. The van der Waals surface area contributed by atoms with E-state index in [2.05, 4.69) is 10.3 Å². The molecule has 0 saturated heterocycles. The maximum atomic E-state index is 12.2. The van der Waals surface area contributed by atoms with Crippen molar-refractivity contribution in [2.24, 2.45) is 0 Å². The SMILES string of the molecule is COc1ccc(CC(=O)Nc2nc(-c3ccc(C)c([N+](=O)[O-])c3)cs2)cc1. The number of amides is 1. The molecule has 0 bridgehead atoms. The topological polar surface area (TPSA) is 94.4 Å². The number of rotatable bonds is 6. The molecule has 0 saturated carbocycles. The van der Waals surface area contributed by atoms with Gasteiger partial charge in [0.2, 0.25) is 5.91 Å². The van der Waals surface area contributed by atoms with Gasteiger partial charge in [-0.2, -0.15) is 0 Å². The normalized spacial score (nSPS) is 10.4. The van der Waals surface area contributed by atoms with Crippen molar-refractivity contribution in [3.05, 3.63) is 69.1 Å². The highest BCUT2D eigenvalue weighted by Crippen LogP contribution is 2.29. The van der Waals surface area contributed by atoms with Gasteiger partial charge in [-0.25, -0.2) is 4.98 Å². The molecule has 1 amide bonds. The van der Waals surface area contributed by atoms with Gasteiger partial charge < -0.3 is 10.1 Å². The van der Waals surface area contributed by atoms with Crippen molar-refractivity contribution >= 4 is 28.1 Å². The lowest BCUT2D eigenvalue weighted by molar-refractivity contribution is -0.385. The summed E-state index contributed by atoms with van der Waals surface area (Å²) in [5.74, 6) is 0.548. The number of ether oxygens (including phenoxy) is 1. The van der Waals surface area contributed by atoms with Crippen LogP contribution in [0.5, 0.6) is 5.75 Å². The Bertz CT molecular complexity index is 983. The predicted molar refractivity (Wildman–Crippen MR) is 104 cm³/mol. The third kappa shape index (κ3) is 4.48. The lowest BCUT2D eigenvalue weighted by atomic mass is 10.1. The van der Waals surface area contributed by atoms with Gasteiger partial charge in [0.15, 0.2) is 5.13 Å². The van der Waals surface area contributed by atoms with E-state index in [-0.39, 0.29) is 18.0 Å². The fourth-order valence-corrected chi connectivity index (χ4v) is 3.26. The zero-order valence-electron chi connectivity index (χ0n) is 14.8. The summed E-state index contributed by atoms with van der Waals surface area (Å²) in [5.41, 5.74) is 2.72. The van der Waals surface area contributed by atoms with Crippen molar-refractivity contribution in [1.82, 2.24) is 4.98 Å². The molecule has 0 aliphatic rings. The summed E-state index contributed by atoms with van der Waals surface area (Å²) in [7, 11) is 1.59. The van der Waals surface area contributed by atoms with E-state index in [1.807, 2.05) is 12.1 Å². The second-order valence-corrected chi connectivity index (χ2v) is 6.73. The fourth-order valence-electron chi connectivity index (χ4n) is 2.52. The number of aromatic nitrogens is 1. The number of nitro benzene ring substituents is 1. The average molecular weight is 383 g/mol. The van der Waals surface area contributed by atoms with Crippen LogP contribution < -0.4 is 10.1 Å². The number of methoxy groups -OCH3 is 1. The molecule has 0 radical (unpaired) electrons. The van der Waals surface area contributed by atoms with E-state index in [9.17, 15) is 14.9 Å². The van der Waals surface area contributed by atoms with E-state index in [0.29, 0.717) is 22.0 Å². The lowest BCUT2D eigenvalue weighted by Crippen LogP contribution is -2.14. The van der Waals surface area contributed by atoms with Crippen molar-refractivity contribution in [2.75, 3.05) is 12.4 Å². The zero-order valence-corrected chi connectivity index (χ0v) is 15.6. The van der Waals surface area contributed by atoms with Gasteiger partial charge in [-0.05, 0) is 24.6 Å². The highest BCUT2D eigenvalue weighted by atomic mass is 32.1. The quantitative estimate of drug-likeness (QED) is 0.508. The van der Waals surface area contributed by atoms with Crippen LogP contribution in [0.15, 0.2) is 47.8 Å². The molecule has 1 aromatic heterocycles. The summed E-state index contributed by atoms with van der Waals surface area (Å²) in [4.78, 5) is 27.2. The predicted octanol–water partition coefficient (Wildman–Crippen LogP) is 4.22. The maximum absolute atomic E-state index is 12.2. The number of carbonyl (C=O) groups is 1. The molecule has 138 valence electrons. The molecule has 7 nitrogen and oxygen atoms in total. The first-order valence-electron chi connectivity index (χ1n) is 8.10. The Morgan fingerprint density at radius 2 is 2.00 bits per heavy atom. The molecule has 0 aliphatic carbocycles. The van der Waals surface area contributed by atoms with Crippen LogP contribution in [0, 0.1) is 17.0 Å². The highest BCUT2D eigenvalue weighted by Gasteiger charge is 2.14. The van der Waals surface area contributed by atoms with Gasteiger partial charge in [-0.3, -0.25) is 14.9 Å². The number of hydrogen-bond acceptors (Lipinski definition) is 6. The second-order valence-electron chi connectivity index (χ2n) is 5.87. The average Bonchev–Trinajstić information content (AvgIpc) is 3.10. The minimum Gasteiger partial charge on any atom is -0.497 e. The Labute approximate surface area is 159 Å². The number of nitro groups is 1. The summed E-state index contributed by atoms with van der Waals surface area (Å²) >= 11 is 1.27. The number of carbonyl (C=O) groups excluding carboxylic acids is 1. The van der Waals surface area contributed by atoms with Gasteiger partial charge in [0.1, 0.15) is 5.75 Å². The Balaban J connectivity index is 1.69. The van der Waals surface area contributed by atoms with E-state index in [1.165, 1.54) is 17.4 Å². The van der Waals surface area contributed by atoms with Crippen LogP contribution in [0.25, 0.3) is 11.3 Å². The second kappa shape index (κ2) is 7.96. The molecule has 0 atom stereocenters. The number of hydrogen-bond donors (Lipinski definition) is 1. The van der Waals surface area contributed by atoms with Crippen LogP contribution in [0.1, 0.15) is 11.1 Å². The third-order valence-electron chi connectivity index (χ3n) is 3.98. The van der Waals surface area contributed by atoms with Gasteiger partial charge in [0, 0.05) is 22.6 Å². The first kappa shape index (κ1) is 18.5. The molecular weight excluding hydrogens is 366 g/mol. The summed E-state index contributed by atoms with van der Waals surface area (Å²) in [5, 5.41) is 16.1. The highest BCUT2D eigenvalue weighted by molar-refractivity contribution is 7.14. The van der Waals surface area contributed by atoms with Crippen LogP contribution in [-0.4, -0.2) is 22.9 Å². The number of thiazole rings is 1. The van der Waals surface area contributed by atoms with Gasteiger partial charge in [0.25, 0.3) is 5.69 Å². The Hall–Kier alpha value is -3.26. The first-order chi connectivity index (χ1) is 13.0. The molecule has 8 heteroatoms. The molecule has 27 heavy (non-hydrogen) atoms. The van der Waals surface area contributed by atoms with Crippen molar-refractivity contribution < 1.29 is 14.5 Å². The van der Waals surface area contributed by atoms with Crippen molar-refractivity contribution in [1.29, 1.82) is 0 Å². The number of aryl methyl sites for hydroxylation is 1. The molecule has 1 heterocycles. The summed E-state index contributed by atoms with van der Waals surface area (Å²) in [6.45, 7) is 1.69. The van der Waals surface area contributed by atoms with Crippen molar-refractivity contribution in [3.63, 3.8) is 0 Å². The molecule has 3 rings (SSSR count). The molecule has 0 aliphatic heterocycles. The van der Waals surface area contributed by atoms with Crippen LogP contribution in [0.3, 0.4) is 0 Å². The monoisotopic (exact) mass is 383 g/mol. The van der Waals surface area contributed by atoms with Crippen LogP contribution in [0.2, 0.25) is 0 Å². The Morgan fingerprint density at radius 3 is 2.67 bits per heavy atom. The van der Waals surface area contributed by atoms with E-state index in [4.69, 9.17) is 4.74 Å². The van der Waals surface area contributed by atoms with E-state index in [0.717, 1.165) is 11.3 Å². The molecule has 2 aromatic carbocycles. The lowest BCUT2D eigenvalue weighted by Gasteiger charge is -2.04. The van der Waals surface area contributed by atoms with E-state index >= 15 is 0 Å². The van der Waals surface area contributed by atoms with Crippen molar-refractivity contribution in [3.8, 4) is 17.0 Å². The fraction of sp³-hybridized carbons (Fsp3) is 0.158. The molecule has 0 fully saturated rings. The number of anilines is 1. The molecule has 3 aromatic rings. The van der Waals surface area contributed by atoms with E-state index < -0.39 is 4.92 Å². The van der Waals surface area contributed by atoms with Crippen LogP contribution >= 0.6 is 11.3 Å². The molecule has 0 spiro atoms. The smallest absolute Gasteiger partial charge is 0.272 e. The van der Waals surface area contributed by atoms with Gasteiger partial charge >= 0.3 is 0 Å². The summed E-state index contributed by atoms with van der Waals surface area (Å²) in [6, 6.07) is 12.2. The molecule has 0 unspecified atom stereocenters. The summed E-state index contributed by atoms with van der Waals surface area (Å²) < 4.78 is 5.09. The zero-order chi connectivity index (χ0) is 19.4.